The van der Waals surface area contributed by atoms with Crippen molar-refractivity contribution in [2.24, 2.45) is 16.8 Å². The molecule has 1 aromatic carbocycles. The van der Waals surface area contributed by atoms with E-state index >= 15 is 0 Å². The summed E-state index contributed by atoms with van der Waals surface area (Å²) in [6.45, 7) is 2.20. The van der Waals surface area contributed by atoms with Crippen LogP contribution in [0.25, 0.3) is 0 Å². The molecule has 4 rings (SSSR count). The van der Waals surface area contributed by atoms with Gasteiger partial charge in [-0.25, -0.2) is 4.79 Å². The number of aliphatic imine (C=N–C) groups is 1. The molecule has 3 atom stereocenters. The average Bonchev–Trinajstić information content (AvgIpc) is 3.29. The zero-order valence-corrected chi connectivity index (χ0v) is 23.6. The zero-order valence-electron chi connectivity index (χ0n) is 22.8. The Labute approximate surface area is 223 Å². The fraction of sp³-hybridized carbons (Fsp3) is 0.733. The molecule has 5 nitrogen and oxygen atoms in total. The lowest BCUT2D eigenvalue weighted by Crippen LogP contribution is -2.58. The van der Waals surface area contributed by atoms with Gasteiger partial charge in [-0.1, -0.05) is 62.8 Å². The Balaban J connectivity index is 1.57. The number of rotatable bonds is 9. The molecule has 1 aromatic rings. The maximum absolute atomic E-state index is 13.4. The molecule has 1 aliphatic heterocycles. The largest absolute Gasteiger partial charge is 0.467 e. The summed E-state index contributed by atoms with van der Waals surface area (Å²) in [5.41, 5.74) is 0.587. The van der Waals surface area contributed by atoms with Crippen LogP contribution in [-0.4, -0.2) is 60.9 Å². The number of hydrogen-bond donors (Lipinski definition) is 0. The van der Waals surface area contributed by atoms with Gasteiger partial charge in [0.2, 0.25) is 0 Å². The molecular weight excluding hydrogens is 470 g/mol. The lowest BCUT2D eigenvalue weighted by Gasteiger charge is -2.47. The second-order valence-electron chi connectivity index (χ2n) is 11.6. The molecule has 0 aromatic heterocycles. The van der Waals surface area contributed by atoms with Crippen LogP contribution in [0.15, 0.2) is 29.3 Å². The highest BCUT2D eigenvalue weighted by Gasteiger charge is 2.56. The van der Waals surface area contributed by atoms with Crippen LogP contribution in [-0.2, 0) is 9.53 Å². The molecule has 6 heteroatoms. The zero-order chi connectivity index (χ0) is 25.7. The van der Waals surface area contributed by atoms with E-state index in [0.717, 1.165) is 50.0 Å². The molecule has 2 saturated carbocycles. The molecule has 3 unspecified atom stereocenters. The van der Waals surface area contributed by atoms with Crippen molar-refractivity contribution in [2.45, 2.75) is 108 Å². The van der Waals surface area contributed by atoms with E-state index in [9.17, 15) is 4.79 Å². The number of methoxy groups -OCH3 is 1. The van der Waals surface area contributed by atoms with Gasteiger partial charge >= 0.3 is 5.97 Å². The monoisotopic (exact) mass is 515 g/mol. The molecule has 0 amide bonds. The molecule has 3 aliphatic rings. The second kappa shape index (κ2) is 12.3. The second-order valence-corrected chi connectivity index (χ2v) is 12.0. The number of ether oxygens (including phenoxy) is 1. The molecule has 36 heavy (non-hydrogen) atoms. The number of carbonyl (C=O) groups is 1. The molecule has 2 aliphatic carbocycles. The number of nitrogens with zero attached hydrogens (tertiary/aromatic N) is 3. The average molecular weight is 516 g/mol. The van der Waals surface area contributed by atoms with Crippen molar-refractivity contribution in [1.82, 2.24) is 9.80 Å². The Bertz CT molecular complexity index is 875. The van der Waals surface area contributed by atoms with Gasteiger partial charge < -0.3 is 14.5 Å². The third kappa shape index (κ3) is 5.62. The van der Waals surface area contributed by atoms with Gasteiger partial charge in [-0.2, -0.15) is 0 Å². The van der Waals surface area contributed by atoms with Crippen molar-refractivity contribution in [3.63, 3.8) is 0 Å². The minimum atomic E-state index is -0.753. The summed E-state index contributed by atoms with van der Waals surface area (Å²) in [5.74, 6) is 0.908. The Kier molecular flexibility index (Phi) is 9.38. The maximum Gasteiger partial charge on any atom is 0.335 e. The molecule has 200 valence electrons. The summed E-state index contributed by atoms with van der Waals surface area (Å²) in [6.07, 6.45) is 15.8. The van der Waals surface area contributed by atoms with Crippen molar-refractivity contribution < 1.29 is 9.53 Å². The van der Waals surface area contributed by atoms with Crippen molar-refractivity contribution in [1.29, 1.82) is 0 Å². The molecular formula is C30H46ClN3O2. The van der Waals surface area contributed by atoms with Crippen LogP contribution in [0.3, 0.4) is 0 Å². The minimum Gasteiger partial charge on any atom is -0.467 e. The van der Waals surface area contributed by atoms with E-state index < -0.39 is 5.54 Å². The van der Waals surface area contributed by atoms with Gasteiger partial charge in [-0.3, -0.25) is 4.99 Å². The van der Waals surface area contributed by atoms with E-state index in [2.05, 4.69) is 49.3 Å². The quantitative estimate of drug-likeness (QED) is 0.336. The highest BCUT2D eigenvalue weighted by atomic mass is 35.5. The molecule has 0 radical (unpaired) electrons. The van der Waals surface area contributed by atoms with Crippen LogP contribution in [0.2, 0.25) is 5.02 Å². The van der Waals surface area contributed by atoms with E-state index in [4.69, 9.17) is 21.3 Å². The number of carbonyl (C=O) groups excluding carboxylic acids is 1. The number of benzene rings is 1. The first kappa shape index (κ1) is 27.4. The molecule has 0 spiro atoms. The van der Waals surface area contributed by atoms with Crippen LogP contribution in [0.5, 0.6) is 0 Å². The number of unbranched alkanes of at least 4 members (excludes halogenated alkanes) is 1. The summed E-state index contributed by atoms with van der Waals surface area (Å²) < 4.78 is 5.45. The Morgan fingerprint density at radius 1 is 1.11 bits per heavy atom. The van der Waals surface area contributed by atoms with E-state index in [1.165, 1.54) is 44.8 Å². The highest BCUT2D eigenvalue weighted by molar-refractivity contribution is 6.30. The van der Waals surface area contributed by atoms with Crippen molar-refractivity contribution in [3.8, 4) is 0 Å². The van der Waals surface area contributed by atoms with E-state index in [-0.39, 0.29) is 12.0 Å². The third-order valence-corrected chi connectivity index (χ3v) is 9.41. The molecule has 2 fully saturated rings. The first-order valence-electron chi connectivity index (χ1n) is 14.2. The van der Waals surface area contributed by atoms with Crippen LogP contribution in [0.4, 0.5) is 0 Å². The van der Waals surface area contributed by atoms with Gasteiger partial charge in [0.25, 0.3) is 0 Å². The topological polar surface area (TPSA) is 45.1 Å². The van der Waals surface area contributed by atoms with Gasteiger partial charge in [0.15, 0.2) is 5.54 Å². The summed E-state index contributed by atoms with van der Waals surface area (Å²) in [5, 5.41) is 0.787. The Hall–Kier alpha value is -1.59. The summed E-state index contributed by atoms with van der Waals surface area (Å²) in [7, 11) is 5.92. The van der Waals surface area contributed by atoms with Gasteiger partial charge in [0.05, 0.1) is 19.5 Å². The van der Waals surface area contributed by atoms with Crippen molar-refractivity contribution in [2.75, 3.05) is 21.2 Å². The summed E-state index contributed by atoms with van der Waals surface area (Å²) in [6, 6.07) is 9.38. The lowest BCUT2D eigenvalue weighted by molar-refractivity contribution is -0.150. The smallest absolute Gasteiger partial charge is 0.335 e. The predicted molar refractivity (Wildman–Crippen MR) is 149 cm³/mol. The van der Waals surface area contributed by atoms with Crippen LogP contribution >= 0.6 is 11.6 Å². The lowest BCUT2D eigenvalue weighted by atomic mass is 9.68. The van der Waals surface area contributed by atoms with E-state index in [1.54, 1.807) is 0 Å². The van der Waals surface area contributed by atoms with E-state index in [0.29, 0.717) is 23.9 Å². The number of hydrogen-bond acceptors (Lipinski definition) is 5. The third-order valence-electron chi connectivity index (χ3n) is 9.16. The summed E-state index contributed by atoms with van der Waals surface area (Å²) in [4.78, 5) is 23.3. The van der Waals surface area contributed by atoms with E-state index in [1.807, 2.05) is 12.1 Å². The van der Waals surface area contributed by atoms with Gasteiger partial charge in [-0.15, -0.1) is 0 Å². The van der Waals surface area contributed by atoms with Crippen LogP contribution in [0.1, 0.15) is 95.6 Å². The normalized spacial score (nSPS) is 30.1. The van der Waals surface area contributed by atoms with Gasteiger partial charge in [0, 0.05) is 17.1 Å². The van der Waals surface area contributed by atoms with Gasteiger partial charge in [0.1, 0.15) is 0 Å². The predicted octanol–water partition coefficient (Wildman–Crippen LogP) is 6.90. The van der Waals surface area contributed by atoms with Crippen molar-refractivity contribution in [3.05, 3.63) is 34.9 Å². The Morgan fingerprint density at radius 2 is 1.78 bits per heavy atom. The summed E-state index contributed by atoms with van der Waals surface area (Å²) >= 11 is 6.18. The Morgan fingerprint density at radius 3 is 2.36 bits per heavy atom. The fourth-order valence-electron chi connectivity index (χ4n) is 7.44. The molecule has 1 heterocycles. The number of halogens is 1. The molecule has 0 bridgehead atoms. The van der Waals surface area contributed by atoms with Crippen LogP contribution in [0, 0.1) is 11.8 Å². The standard InChI is InChI=1S/C30H46ClN3O2/c1-5-6-20-30(29(35)36-4)28(34(21-32-30)26-10-8-7-9-11-26)24-14-12-22(13-15-24)27(33(2)3)23-16-18-25(31)19-17-23/h16-19,21-22,24,26-28H,5-15,20H2,1-4H3. The fourth-order valence-corrected chi connectivity index (χ4v) is 7.56. The SMILES string of the molecule is CCCCC1(C(=O)OC)N=CN(C2CCCCC2)C1C1CCC(C(c2ccc(Cl)cc2)N(C)C)CC1. The molecule has 0 saturated heterocycles. The first-order valence-corrected chi connectivity index (χ1v) is 14.6. The van der Waals surface area contributed by atoms with Gasteiger partial charge in [-0.05, 0) is 88.6 Å². The maximum atomic E-state index is 13.4. The minimum absolute atomic E-state index is 0.119. The highest BCUT2D eigenvalue weighted by Crippen LogP contribution is 2.47. The first-order chi connectivity index (χ1) is 17.4. The van der Waals surface area contributed by atoms with Crippen molar-refractivity contribution >= 4 is 23.9 Å². The molecule has 0 N–H and O–H groups in total. The number of esters is 1. The van der Waals surface area contributed by atoms with Crippen LogP contribution < -0.4 is 0 Å².